The normalized spacial score (nSPS) is 28.9. The number of nitrogens with zero attached hydrogens (tertiary/aromatic N) is 4. The Hall–Kier alpha value is -2.13. The number of halogens is 3. The van der Waals surface area contributed by atoms with Crippen molar-refractivity contribution in [1.29, 1.82) is 0 Å². The van der Waals surface area contributed by atoms with Gasteiger partial charge in [-0.25, -0.2) is 4.98 Å². The fourth-order valence-electron chi connectivity index (χ4n) is 5.48. The molecule has 0 aromatic carbocycles. The molecule has 2 aromatic heterocycles. The Morgan fingerprint density at radius 1 is 1.13 bits per heavy atom. The van der Waals surface area contributed by atoms with E-state index in [0.29, 0.717) is 41.0 Å². The fraction of sp³-hybridized carbons (Fsp3) is 0.636. The first-order valence-electron chi connectivity index (χ1n) is 11.1. The first-order valence-corrected chi connectivity index (χ1v) is 11.1. The molecule has 0 spiro atoms. The Morgan fingerprint density at radius 2 is 1.87 bits per heavy atom. The number of fused-ring (bicyclic) bond motifs is 1. The Bertz CT molecular complexity index is 986. The standard InChI is InChI=1S/C22H26F3N5O/c23-22(24,25)17-4-13(6-27-21(17)26)18-5-19(30(28-18)7-12-2-1-3-12)20-15-8-29(9-16(15)20)14-10-31-11-14/h4-6,12,14-16,20H,1-3,7-11H2,(H2,26,27). The van der Waals surface area contributed by atoms with Crippen LogP contribution in [0.25, 0.3) is 11.3 Å². The van der Waals surface area contributed by atoms with Crippen LogP contribution in [0.5, 0.6) is 0 Å². The third-order valence-corrected chi connectivity index (χ3v) is 7.69. The molecule has 6 rings (SSSR count). The molecular weight excluding hydrogens is 407 g/mol. The molecule has 2 saturated carbocycles. The summed E-state index contributed by atoms with van der Waals surface area (Å²) in [6.45, 7) is 4.67. The summed E-state index contributed by atoms with van der Waals surface area (Å²) in [6.07, 6.45) is 0.508. The summed E-state index contributed by atoms with van der Waals surface area (Å²) in [6, 6.07) is 3.63. The lowest BCUT2D eigenvalue weighted by molar-refractivity contribution is -0.137. The molecule has 4 aliphatic rings. The van der Waals surface area contributed by atoms with E-state index in [0.717, 1.165) is 38.9 Å². The Balaban J connectivity index is 1.29. The summed E-state index contributed by atoms with van der Waals surface area (Å²) >= 11 is 0. The van der Waals surface area contributed by atoms with Gasteiger partial charge < -0.3 is 10.5 Å². The Morgan fingerprint density at radius 3 is 2.45 bits per heavy atom. The van der Waals surface area contributed by atoms with Gasteiger partial charge in [0.25, 0.3) is 0 Å². The van der Waals surface area contributed by atoms with Crippen LogP contribution < -0.4 is 5.73 Å². The third kappa shape index (κ3) is 3.33. The highest BCUT2D eigenvalue weighted by atomic mass is 19.4. The number of nitrogens with two attached hydrogens (primary N) is 1. The summed E-state index contributed by atoms with van der Waals surface area (Å²) in [5.74, 6) is 1.79. The van der Waals surface area contributed by atoms with E-state index in [9.17, 15) is 13.2 Å². The Kier molecular flexibility index (Phi) is 4.37. The number of hydrogen-bond acceptors (Lipinski definition) is 5. The van der Waals surface area contributed by atoms with Gasteiger partial charge in [0.05, 0.1) is 30.5 Å². The second kappa shape index (κ2) is 6.93. The van der Waals surface area contributed by atoms with E-state index in [-0.39, 0.29) is 0 Å². The van der Waals surface area contributed by atoms with Crippen LogP contribution >= 0.6 is 0 Å². The monoisotopic (exact) mass is 433 g/mol. The lowest BCUT2D eigenvalue weighted by Gasteiger charge is -2.36. The van der Waals surface area contributed by atoms with Gasteiger partial charge in [-0.1, -0.05) is 6.42 Å². The van der Waals surface area contributed by atoms with Crippen LogP contribution in [-0.2, 0) is 17.5 Å². The van der Waals surface area contributed by atoms with Crippen molar-refractivity contribution < 1.29 is 17.9 Å². The number of anilines is 1. The van der Waals surface area contributed by atoms with Crippen LogP contribution in [0.3, 0.4) is 0 Å². The second-order valence-electron chi connectivity index (χ2n) is 9.59. The van der Waals surface area contributed by atoms with Crippen molar-refractivity contribution in [2.45, 2.75) is 43.9 Å². The number of pyridine rings is 1. The zero-order chi connectivity index (χ0) is 21.3. The van der Waals surface area contributed by atoms with Gasteiger partial charge in [0.15, 0.2) is 0 Å². The lowest BCUT2D eigenvalue weighted by Crippen LogP contribution is -2.48. The largest absolute Gasteiger partial charge is 0.419 e. The molecular formula is C22H26F3N5O. The van der Waals surface area contributed by atoms with Crippen molar-refractivity contribution in [2.24, 2.45) is 17.8 Å². The average Bonchev–Trinajstić information content (AvgIpc) is 2.99. The minimum Gasteiger partial charge on any atom is -0.383 e. The number of nitrogen functional groups attached to an aromatic ring is 1. The highest BCUT2D eigenvalue weighted by Gasteiger charge is 2.58. The molecule has 2 aliphatic heterocycles. The molecule has 4 heterocycles. The molecule has 31 heavy (non-hydrogen) atoms. The van der Waals surface area contributed by atoms with Crippen molar-refractivity contribution in [3.05, 3.63) is 29.6 Å². The molecule has 0 bridgehead atoms. The number of alkyl halides is 3. The maximum absolute atomic E-state index is 13.3. The lowest BCUT2D eigenvalue weighted by atomic mass is 9.85. The van der Waals surface area contributed by atoms with E-state index >= 15 is 0 Å². The van der Waals surface area contributed by atoms with Gasteiger partial charge in [0, 0.05) is 43.0 Å². The fourth-order valence-corrected chi connectivity index (χ4v) is 5.48. The molecule has 166 valence electrons. The van der Waals surface area contributed by atoms with Crippen molar-refractivity contribution in [3.8, 4) is 11.3 Å². The number of rotatable bonds is 5. The van der Waals surface area contributed by atoms with Gasteiger partial charge in [-0.15, -0.1) is 0 Å². The van der Waals surface area contributed by atoms with Gasteiger partial charge in [0.1, 0.15) is 5.82 Å². The molecule has 0 radical (unpaired) electrons. The van der Waals surface area contributed by atoms with Crippen LogP contribution in [0, 0.1) is 17.8 Å². The van der Waals surface area contributed by atoms with Crippen LogP contribution in [-0.4, -0.2) is 52.0 Å². The molecule has 2 saturated heterocycles. The molecule has 2 aliphatic carbocycles. The van der Waals surface area contributed by atoms with Gasteiger partial charge in [-0.05, 0) is 42.7 Å². The molecule has 6 nitrogen and oxygen atoms in total. The van der Waals surface area contributed by atoms with Crippen molar-refractivity contribution >= 4 is 5.82 Å². The highest BCUT2D eigenvalue weighted by molar-refractivity contribution is 5.63. The van der Waals surface area contributed by atoms with Crippen molar-refractivity contribution in [2.75, 3.05) is 32.0 Å². The van der Waals surface area contributed by atoms with E-state index in [2.05, 4.69) is 14.6 Å². The van der Waals surface area contributed by atoms with Crippen molar-refractivity contribution in [1.82, 2.24) is 19.7 Å². The van der Waals surface area contributed by atoms with Gasteiger partial charge >= 0.3 is 6.18 Å². The van der Waals surface area contributed by atoms with E-state index in [1.165, 1.54) is 31.2 Å². The highest BCUT2D eigenvalue weighted by Crippen LogP contribution is 2.59. The second-order valence-corrected chi connectivity index (χ2v) is 9.59. The van der Waals surface area contributed by atoms with Crippen LogP contribution in [0.4, 0.5) is 19.0 Å². The smallest absolute Gasteiger partial charge is 0.383 e. The predicted octanol–water partition coefficient (Wildman–Crippen LogP) is 3.39. The van der Waals surface area contributed by atoms with Crippen molar-refractivity contribution in [3.63, 3.8) is 0 Å². The SMILES string of the molecule is Nc1ncc(-c2cc(C3C4CN(C5COC5)CC43)n(CC3CCC3)n2)cc1C(F)(F)F. The summed E-state index contributed by atoms with van der Waals surface area (Å²) < 4.78 is 47.4. The topological polar surface area (TPSA) is 69.2 Å². The summed E-state index contributed by atoms with van der Waals surface area (Å²) in [4.78, 5) is 6.33. The van der Waals surface area contributed by atoms with Gasteiger partial charge in [-0.3, -0.25) is 9.58 Å². The number of likely N-dealkylation sites (tertiary alicyclic amines) is 1. The van der Waals surface area contributed by atoms with Crippen LogP contribution in [0.1, 0.15) is 36.4 Å². The number of ether oxygens (including phenoxy) is 1. The molecule has 2 unspecified atom stereocenters. The quantitative estimate of drug-likeness (QED) is 0.783. The minimum atomic E-state index is -4.54. The van der Waals surface area contributed by atoms with Gasteiger partial charge in [0.2, 0.25) is 0 Å². The van der Waals surface area contributed by atoms with E-state index < -0.39 is 17.6 Å². The first-order chi connectivity index (χ1) is 14.9. The number of piperidine rings is 1. The summed E-state index contributed by atoms with van der Waals surface area (Å²) in [7, 11) is 0. The zero-order valence-electron chi connectivity index (χ0n) is 17.2. The number of aromatic nitrogens is 3. The maximum atomic E-state index is 13.3. The molecule has 4 fully saturated rings. The molecule has 2 aromatic rings. The predicted molar refractivity (Wildman–Crippen MR) is 108 cm³/mol. The molecule has 2 atom stereocenters. The van der Waals surface area contributed by atoms with Crippen LogP contribution in [0.2, 0.25) is 0 Å². The number of hydrogen-bond donors (Lipinski definition) is 1. The Labute approximate surface area is 178 Å². The molecule has 2 N–H and O–H groups in total. The summed E-state index contributed by atoms with van der Waals surface area (Å²) in [5, 5.41) is 4.76. The van der Waals surface area contributed by atoms with Gasteiger partial charge in [-0.2, -0.15) is 18.3 Å². The maximum Gasteiger partial charge on any atom is 0.419 e. The zero-order valence-corrected chi connectivity index (χ0v) is 17.2. The van der Waals surface area contributed by atoms with E-state index in [4.69, 9.17) is 15.6 Å². The minimum absolute atomic E-state index is 0.370. The first kappa shape index (κ1) is 19.5. The van der Waals surface area contributed by atoms with Crippen LogP contribution in [0.15, 0.2) is 18.3 Å². The third-order valence-electron chi connectivity index (χ3n) is 7.69. The molecule has 9 heteroatoms. The van der Waals surface area contributed by atoms with E-state index in [1.807, 2.05) is 6.07 Å². The average molecular weight is 433 g/mol. The molecule has 0 amide bonds. The summed E-state index contributed by atoms with van der Waals surface area (Å²) in [5.41, 5.74) is 6.68. The van der Waals surface area contributed by atoms with E-state index in [1.54, 1.807) is 0 Å².